The van der Waals surface area contributed by atoms with Crippen molar-refractivity contribution in [2.45, 2.75) is 78.7 Å². The Morgan fingerprint density at radius 1 is 1.22 bits per heavy atom. The second-order valence-electron chi connectivity index (χ2n) is 10.7. The monoisotopic (exact) mass is 393 g/mol. The van der Waals surface area contributed by atoms with Crippen LogP contribution in [0.1, 0.15) is 72.6 Å². The molecule has 154 valence electrons. The molecule has 0 heterocycles. The lowest BCUT2D eigenvalue weighted by Crippen LogP contribution is -2.41. The molecule has 3 saturated carbocycles. The lowest BCUT2D eigenvalue weighted by molar-refractivity contribution is -0.136. The second-order valence-corrected chi connectivity index (χ2v) is 11.0. The van der Waals surface area contributed by atoms with Crippen molar-refractivity contribution in [3.8, 4) is 0 Å². The Hall–Kier alpha value is -0.400. The standard InChI is InChI=1S/C23H40NO2P/c1-16-8-7-12-22(4)17(16)9-10-18(22)21(2,3)13-11-19(26-27)23(14-15-23)20(25)24(5)6/h11,13,16-19H,7-10,12,14-15,27H2,1-6H3/b13-11+/t16-,17?,18?,19?,22-/m0/s1. The molecular weight excluding hydrogens is 353 g/mol. The van der Waals surface area contributed by atoms with Crippen LogP contribution in [-0.4, -0.2) is 31.0 Å². The molecule has 1 amide bonds. The van der Waals surface area contributed by atoms with Crippen LogP contribution in [-0.2, 0) is 9.32 Å². The number of hydrogen-bond acceptors (Lipinski definition) is 2. The summed E-state index contributed by atoms with van der Waals surface area (Å²) in [5.74, 6) is 2.65. The highest BCUT2D eigenvalue weighted by Crippen LogP contribution is 2.62. The van der Waals surface area contributed by atoms with Crippen LogP contribution >= 0.6 is 9.47 Å². The molecule has 0 spiro atoms. The van der Waals surface area contributed by atoms with Gasteiger partial charge in [0.25, 0.3) is 0 Å². The Morgan fingerprint density at radius 3 is 2.44 bits per heavy atom. The topological polar surface area (TPSA) is 29.5 Å². The van der Waals surface area contributed by atoms with E-state index in [9.17, 15) is 4.79 Å². The summed E-state index contributed by atoms with van der Waals surface area (Å²) in [4.78, 5) is 14.4. The number of fused-ring (bicyclic) bond motifs is 1. The van der Waals surface area contributed by atoms with Gasteiger partial charge in [-0.1, -0.05) is 52.7 Å². The molecule has 0 aromatic heterocycles. The third-order valence-corrected chi connectivity index (χ3v) is 8.68. The molecule has 4 heteroatoms. The molecule has 6 atom stereocenters. The van der Waals surface area contributed by atoms with Crippen molar-refractivity contribution in [2.75, 3.05) is 14.1 Å². The molecule has 0 aromatic carbocycles. The zero-order valence-electron chi connectivity index (χ0n) is 18.3. The molecule has 0 bridgehead atoms. The smallest absolute Gasteiger partial charge is 0.231 e. The van der Waals surface area contributed by atoms with Gasteiger partial charge >= 0.3 is 0 Å². The van der Waals surface area contributed by atoms with Gasteiger partial charge < -0.3 is 9.42 Å². The van der Waals surface area contributed by atoms with E-state index >= 15 is 0 Å². The van der Waals surface area contributed by atoms with Crippen molar-refractivity contribution in [3.05, 3.63) is 12.2 Å². The minimum absolute atomic E-state index is 0.124. The first-order chi connectivity index (χ1) is 12.6. The number of allylic oxidation sites excluding steroid dienone is 1. The van der Waals surface area contributed by atoms with E-state index in [-0.39, 0.29) is 22.8 Å². The molecule has 0 aliphatic heterocycles. The highest BCUT2D eigenvalue weighted by Gasteiger charge is 2.57. The van der Waals surface area contributed by atoms with Crippen molar-refractivity contribution in [1.29, 1.82) is 0 Å². The van der Waals surface area contributed by atoms with Crippen LogP contribution in [0.4, 0.5) is 0 Å². The summed E-state index contributed by atoms with van der Waals surface area (Å²) in [6.45, 7) is 9.82. The van der Waals surface area contributed by atoms with Crippen molar-refractivity contribution in [1.82, 2.24) is 4.90 Å². The van der Waals surface area contributed by atoms with Gasteiger partial charge in [-0.15, -0.1) is 0 Å². The average Bonchev–Trinajstić information content (AvgIpc) is 3.30. The van der Waals surface area contributed by atoms with Crippen molar-refractivity contribution < 1.29 is 9.32 Å². The van der Waals surface area contributed by atoms with E-state index in [1.54, 1.807) is 4.90 Å². The van der Waals surface area contributed by atoms with Gasteiger partial charge in [-0.3, -0.25) is 4.79 Å². The van der Waals surface area contributed by atoms with Crippen LogP contribution in [0.5, 0.6) is 0 Å². The van der Waals surface area contributed by atoms with Gasteiger partial charge in [0.1, 0.15) is 0 Å². The van der Waals surface area contributed by atoms with Gasteiger partial charge in [0.2, 0.25) is 5.91 Å². The molecule has 0 radical (unpaired) electrons. The molecule has 3 nitrogen and oxygen atoms in total. The average molecular weight is 394 g/mol. The maximum absolute atomic E-state index is 12.7. The third kappa shape index (κ3) is 3.64. The fourth-order valence-corrected chi connectivity index (χ4v) is 7.15. The molecule has 3 rings (SSSR count). The predicted octanol–water partition coefficient (Wildman–Crippen LogP) is 5.47. The number of carbonyl (C=O) groups excluding carboxylic acids is 1. The van der Waals surface area contributed by atoms with Gasteiger partial charge in [-0.25, -0.2) is 0 Å². The van der Waals surface area contributed by atoms with E-state index in [2.05, 4.69) is 49.3 Å². The summed E-state index contributed by atoms with van der Waals surface area (Å²) < 4.78 is 5.74. The number of carbonyl (C=O) groups is 1. The van der Waals surface area contributed by atoms with Gasteiger partial charge in [0, 0.05) is 23.6 Å². The first-order valence-corrected chi connectivity index (χ1v) is 11.3. The summed E-state index contributed by atoms with van der Waals surface area (Å²) in [6.07, 6.45) is 13.1. The molecule has 0 saturated heterocycles. The van der Waals surface area contributed by atoms with E-state index in [1.807, 2.05) is 14.1 Å². The summed E-state index contributed by atoms with van der Waals surface area (Å²) in [6, 6.07) is 0. The van der Waals surface area contributed by atoms with Gasteiger partial charge in [0.15, 0.2) is 0 Å². The zero-order valence-corrected chi connectivity index (χ0v) is 19.4. The summed E-state index contributed by atoms with van der Waals surface area (Å²) in [5.41, 5.74) is 0.234. The summed E-state index contributed by atoms with van der Waals surface area (Å²) in [7, 11) is 6.09. The molecule has 0 N–H and O–H groups in total. The molecule has 3 aliphatic carbocycles. The molecule has 4 unspecified atom stereocenters. The first kappa shape index (κ1) is 21.3. The van der Waals surface area contributed by atoms with E-state index in [0.717, 1.165) is 24.7 Å². The molecular formula is C23H40NO2P. The number of amides is 1. The van der Waals surface area contributed by atoms with E-state index in [1.165, 1.54) is 32.1 Å². The van der Waals surface area contributed by atoms with Crippen LogP contribution in [0, 0.1) is 34.0 Å². The number of hydrogen-bond donors (Lipinski definition) is 0. The molecule has 27 heavy (non-hydrogen) atoms. The number of rotatable bonds is 6. The fraction of sp³-hybridized carbons (Fsp3) is 0.870. The van der Waals surface area contributed by atoms with Crippen molar-refractivity contribution >= 4 is 15.4 Å². The summed E-state index contributed by atoms with van der Waals surface area (Å²) >= 11 is 0. The minimum atomic E-state index is -0.348. The predicted molar refractivity (Wildman–Crippen MR) is 115 cm³/mol. The van der Waals surface area contributed by atoms with Crippen LogP contribution in [0.3, 0.4) is 0 Å². The molecule has 0 aromatic rings. The molecule has 3 fully saturated rings. The van der Waals surface area contributed by atoms with E-state index in [4.69, 9.17) is 4.52 Å². The van der Waals surface area contributed by atoms with Gasteiger partial charge in [0.05, 0.1) is 11.5 Å². The normalized spacial score (nSPS) is 36.5. The SMILES string of the molecule is C[C@H]1CCC[C@@]2(C)C1CCC2C(C)(C)/C=C/C(OP)C1(C(=O)N(C)C)CC1. The van der Waals surface area contributed by atoms with Crippen LogP contribution in [0.15, 0.2) is 12.2 Å². The van der Waals surface area contributed by atoms with Crippen LogP contribution in [0.2, 0.25) is 0 Å². The number of nitrogens with zero attached hydrogens (tertiary/aromatic N) is 1. The maximum atomic E-state index is 12.7. The lowest BCUT2D eigenvalue weighted by Gasteiger charge is -2.48. The van der Waals surface area contributed by atoms with Gasteiger partial charge in [-0.05, 0) is 60.7 Å². The maximum Gasteiger partial charge on any atom is 0.231 e. The Kier molecular flexibility index (Phi) is 5.88. The Morgan fingerprint density at radius 2 is 1.89 bits per heavy atom. The Labute approximate surface area is 169 Å². The lowest BCUT2D eigenvalue weighted by atomic mass is 9.56. The largest absolute Gasteiger partial charge is 0.357 e. The Balaban J connectivity index is 1.78. The summed E-state index contributed by atoms with van der Waals surface area (Å²) in [5, 5.41) is 0. The second kappa shape index (κ2) is 7.45. The Bertz CT molecular complexity index is 595. The highest BCUT2D eigenvalue weighted by molar-refractivity contribution is 7.09. The van der Waals surface area contributed by atoms with Crippen molar-refractivity contribution in [2.24, 2.45) is 34.0 Å². The van der Waals surface area contributed by atoms with Crippen molar-refractivity contribution in [3.63, 3.8) is 0 Å². The van der Waals surface area contributed by atoms with Crippen LogP contribution < -0.4 is 0 Å². The van der Waals surface area contributed by atoms with E-state index in [0.29, 0.717) is 11.3 Å². The van der Waals surface area contributed by atoms with Crippen LogP contribution in [0.25, 0.3) is 0 Å². The van der Waals surface area contributed by atoms with E-state index < -0.39 is 0 Å². The first-order valence-electron chi connectivity index (χ1n) is 10.8. The third-order valence-electron chi connectivity index (χ3n) is 8.38. The fourth-order valence-electron chi connectivity index (χ4n) is 6.80. The highest BCUT2D eigenvalue weighted by atomic mass is 31.0. The van der Waals surface area contributed by atoms with Gasteiger partial charge in [-0.2, -0.15) is 0 Å². The minimum Gasteiger partial charge on any atom is -0.357 e. The quantitative estimate of drug-likeness (QED) is 0.443. The molecule has 3 aliphatic rings. The zero-order chi connectivity index (χ0) is 20.0.